The summed E-state index contributed by atoms with van der Waals surface area (Å²) in [5.41, 5.74) is 2.84. The molecule has 2 heterocycles. The van der Waals surface area contributed by atoms with Crippen molar-refractivity contribution in [1.29, 1.82) is 0 Å². The Morgan fingerprint density at radius 1 is 1.19 bits per heavy atom. The van der Waals surface area contributed by atoms with Crippen LogP contribution in [-0.4, -0.2) is 27.4 Å². The second-order valence-electron chi connectivity index (χ2n) is 6.54. The Hall–Kier alpha value is -3.08. The number of carbonyl (C=O) groups is 1. The van der Waals surface area contributed by atoms with Crippen LogP contribution in [0.4, 0.5) is 0 Å². The summed E-state index contributed by atoms with van der Waals surface area (Å²) in [6.07, 6.45) is 2.21. The lowest BCUT2D eigenvalue weighted by molar-refractivity contribution is -0.132. The number of hydrogen-bond acceptors (Lipinski definition) is 3. The molecule has 0 saturated carbocycles. The van der Waals surface area contributed by atoms with Crippen LogP contribution in [0.1, 0.15) is 25.1 Å². The molecule has 0 fully saturated rings. The minimum atomic E-state index is -0.116. The first-order chi connectivity index (χ1) is 12.6. The number of hydrogen-bond donors (Lipinski definition) is 0. The molecular formula is C21H21N3O2. The Morgan fingerprint density at radius 2 is 1.96 bits per heavy atom. The molecular weight excluding hydrogens is 326 g/mol. The van der Waals surface area contributed by atoms with Gasteiger partial charge in [0, 0.05) is 25.4 Å². The molecule has 4 aromatic rings. The van der Waals surface area contributed by atoms with E-state index >= 15 is 0 Å². The van der Waals surface area contributed by atoms with Crippen molar-refractivity contribution in [3.63, 3.8) is 0 Å². The first-order valence-electron chi connectivity index (χ1n) is 8.77. The zero-order chi connectivity index (χ0) is 18.1. The highest BCUT2D eigenvalue weighted by Crippen LogP contribution is 2.27. The lowest BCUT2D eigenvalue weighted by Crippen LogP contribution is -2.30. The summed E-state index contributed by atoms with van der Waals surface area (Å²) >= 11 is 0. The van der Waals surface area contributed by atoms with Crippen LogP contribution in [0.5, 0.6) is 0 Å². The Kier molecular flexibility index (Phi) is 4.21. The maximum absolute atomic E-state index is 12.7. The van der Waals surface area contributed by atoms with Gasteiger partial charge in [-0.3, -0.25) is 4.79 Å². The normalized spacial score (nSPS) is 12.5. The number of rotatable bonds is 5. The van der Waals surface area contributed by atoms with E-state index in [1.807, 2.05) is 73.1 Å². The maximum Gasteiger partial charge on any atom is 0.224 e. The van der Waals surface area contributed by atoms with Crippen LogP contribution in [0.15, 0.2) is 65.3 Å². The standard InChI is InChI=1S/C21H21N3O2/c1-15(20-13-16-7-3-6-10-19(16)26-20)23(2)21(25)11-12-24-14-22-17-8-4-5-9-18(17)24/h3-10,13-15H,11-12H2,1-2H3. The van der Waals surface area contributed by atoms with Crippen LogP contribution in [0.2, 0.25) is 0 Å². The molecule has 4 rings (SSSR count). The molecule has 5 nitrogen and oxygen atoms in total. The number of imidazole rings is 1. The molecule has 132 valence electrons. The summed E-state index contributed by atoms with van der Waals surface area (Å²) in [7, 11) is 1.83. The summed E-state index contributed by atoms with van der Waals surface area (Å²) in [6.45, 7) is 2.60. The molecule has 0 N–H and O–H groups in total. The molecule has 26 heavy (non-hydrogen) atoms. The largest absolute Gasteiger partial charge is 0.459 e. The molecule has 0 spiro atoms. The number of amides is 1. The topological polar surface area (TPSA) is 51.3 Å². The molecule has 1 amide bonds. The molecule has 1 unspecified atom stereocenters. The van der Waals surface area contributed by atoms with E-state index in [1.165, 1.54) is 0 Å². The monoisotopic (exact) mass is 347 g/mol. The molecule has 0 saturated heterocycles. The number of para-hydroxylation sites is 3. The molecule has 5 heteroatoms. The molecule has 0 radical (unpaired) electrons. The highest BCUT2D eigenvalue weighted by Gasteiger charge is 2.20. The number of benzene rings is 2. The summed E-state index contributed by atoms with van der Waals surface area (Å²) < 4.78 is 7.92. The van der Waals surface area contributed by atoms with Crippen molar-refractivity contribution in [1.82, 2.24) is 14.5 Å². The minimum Gasteiger partial charge on any atom is -0.459 e. The van der Waals surface area contributed by atoms with Crippen LogP contribution >= 0.6 is 0 Å². The van der Waals surface area contributed by atoms with E-state index < -0.39 is 0 Å². The molecule has 2 aromatic carbocycles. The van der Waals surface area contributed by atoms with Gasteiger partial charge in [0.05, 0.1) is 23.4 Å². The van der Waals surface area contributed by atoms with Gasteiger partial charge in [0.25, 0.3) is 0 Å². The second-order valence-corrected chi connectivity index (χ2v) is 6.54. The molecule has 0 aliphatic carbocycles. The number of aryl methyl sites for hydroxylation is 1. The number of carbonyl (C=O) groups excluding carboxylic acids is 1. The van der Waals surface area contributed by atoms with Crippen molar-refractivity contribution in [3.05, 3.63) is 66.7 Å². The van der Waals surface area contributed by atoms with Gasteiger partial charge in [-0.25, -0.2) is 4.98 Å². The number of nitrogens with zero attached hydrogens (tertiary/aromatic N) is 3. The van der Waals surface area contributed by atoms with E-state index in [2.05, 4.69) is 4.98 Å². The third-order valence-electron chi connectivity index (χ3n) is 4.92. The van der Waals surface area contributed by atoms with Crippen LogP contribution < -0.4 is 0 Å². The van der Waals surface area contributed by atoms with Crippen molar-refractivity contribution < 1.29 is 9.21 Å². The smallest absolute Gasteiger partial charge is 0.224 e. The summed E-state index contributed by atoms with van der Waals surface area (Å²) in [4.78, 5) is 18.8. The second kappa shape index (κ2) is 6.67. The van der Waals surface area contributed by atoms with Gasteiger partial charge >= 0.3 is 0 Å². The average Bonchev–Trinajstić information content (AvgIpc) is 3.29. The van der Waals surface area contributed by atoms with Gasteiger partial charge < -0.3 is 13.9 Å². The maximum atomic E-state index is 12.7. The Bertz CT molecular complexity index is 1030. The van der Waals surface area contributed by atoms with Crippen molar-refractivity contribution >= 4 is 27.9 Å². The van der Waals surface area contributed by atoms with E-state index in [4.69, 9.17) is 4.42 Å². The molecule has 1 atom stereocenters. The van der Waals surface area contributed by atoms with Gasteiger partial charge in [-0.05, 0) is 31.2 Å². The van der Waals surface area contributed by atoms with E-state index in [0.717, 1.165) is 27.8 Å². The van der Waals surface area contributed by atoms with Crippen molar-refractivity contribution in [2.24, 2.45) is 0 Å². The highest BCUT2D eigenvalue weighted by molar-refractivity contribution is 5.79. The van der Waals surface area contributed by atoms with Crippen molar-refractivity contribution in [3.8, 4) is 0 Å². The van der Waals surface area contributed by atoms with Crippen LogP contribution in [0, 0.1) is 0 Å². The van der Waals surface area contributed by atoms with Crippen LogP contribution in [-0.2, 0) is 11.3 Å². The Balaban J connectivity index is 1.45. The number of fused-ring (bicyclic) bond motifs is 2. The van der Waals surface area contributed by atoms with Gasteiger partial charge in [0.2, 0.25) is 5.91 Å². The summed E-state index contributed by atoms with van der Waals surface area (Å²) in [5, 5.41) is 1.06. The molecule has 0 aliphatic heterocycles. The van der Waals surface area contributed by atoms with Crippen LogP contribution in [0.25, 0.3) is 22.0 Å². The fraction of sp³-hybridized carbons (Fsp3) is 0.238. The van der Waals surface area contributed by atoms with Gasteiger partial charge in [-0.15, -0.1) is 0 Å². The zero-order valence-corrected chi connectivity index (χ0v) is 14.9. The van der Waals surface area contributed by atoms with Crippen molar-refractivity contribution in [2.45, 2.75) is 25.9 Å². The summed E-state index contributed by atoms with van der Waals surface area (Å²) in [6, 6.07) is 17.7. The average molecular weight is 347 g/mol. The van der Waals surface area contributed by atoms with Gasteiger partial charge in [0.1, 0.15) is 11.3 Å². The predicted octanol–water partition coefficient (Wildman–Crippen LogP) is 4.39. The molecule has 2 aromatic heterocycles. The fourth-order valence-corrected chi connectivity index (χ4v) is 3.20. The van der Waals surface area contributed by atoms with Gasteiger partial charge in [-0.2, -0.15) is 0 Å². The SMILES string of the molecule is CC(c1cc2ccccc2o1)N(C)C(=O)CCn1cnc2ccccc21. The lowest BCUT2D eigenvalue weighted by Gasteiger charge is -2.23. The van der Waals surface area contributed by atoms with E-state index in [0.29, 0.717) is 13.0 Å². The lowest BCUT2D eigenvalue weighted by atomic mass is 10.2. The first kappa shape index (κ1) is 16.4. The Labute approximate surface area is 151 Å². The third kappa shape index (κ3) is 2.96. The van der Waals surface area contributed by atoms with Gasteiger partial charge in [-0.1, -0.05) is 30.3 Å². The van der Waals surface area contributed by atoms with E-state index in [1.54, 1.807) is 11.2 Å². The predicted molar refractivity (Wildman–Crippen MR) is 102 cm³/mol. The number of aromatic nitrogens is 2. The molecule has 0 bridgehead atoms. The molecule has 0 aliphatic rings. The van der Waals surface area contributed by atoms with E-state index in [9.17, 15) is 4.79 Å². The highest BCUT2D eigenvalue weighted by atomic mass is 16.3. The quantitative estimate of drug-likeness (QED) is 0.538. The Morgan fingerprint density at radius 3 is 2.81 bits per heavy atom. The third-order valence-corrected chi connectivity index (χ3v) is 4.92. The van der Waals surface area contributed by atoms with Crippen molar-refractivity contribution in [2.75, 3.05) is 7.05 Å². The fourth-order valence-electron chi connectivity index (χ4n) is 3.20. The van der Waals surface area contributed by atoms with Crippen LogP contribution in [0.3, 0.4) is 0 Å². The van der Waals surface area contributed by atoms with Gasteiger partial charge in [0.15, 0.2) is 0 Å². The number of furan rings is 1. The summed E-state index contributed by atoms with van der Waals surface area (Å²) in [5.74, 6) is 0.880. The first-order valence-corrected chi connectivity index (χ1v) is 8.77. The minimum absolute atomic E-state index is 0.0794. The zero-order valence-electron chi connectivity index (χ0n) is 14.9. The van der Waals surface area contributed by atoms with E-state index in [-0.39, 0.29) is 11.9 Å².